The molecule has 0 unspecified atom stereocenters. The van der Waals surface area contributed by atoms with E-state index in [0.717, 1.165) is 72.8 Å². The Morgan fingerprint density at radius 1 is 0.291 bits per heavy atom. The zero-order valence-electron chi connectivity index (χ0n) is 42.5. The fourth-order valence-electron chi connectivity index (χ4n) is 9.05. The van der Waals surface area contributed by atoms with E-state index in [-0.39, 0.29) is 65.6 Å². The van der Waals surface area contributed by atoms with Crippen LogP contribution in [0.4, 0.5) is 45.5 Å². The van der Waals surface area contributed by atoms with E-state index >= 15 is 0 Å². The maximum Gasteiger partial charge on any atom is 0.296 e. The highest BCUT2D eigenvalue weighted by molar-refractivity contribution is 7.87. The molecule has 0 aliphatic heterocycles. The average molecular weight is 1290 g/mol. The van der Waals surface area contributed by atoms with Crippen LogP contribution in [-0.2, 0) is 60.7 Å². The summed E-state index contributed by atoms with van der Waals surface area (Å²) in [6, 6.07) is 27.9. The van der Waals surface area contributed by atoms with Crippen LogP contribution in [0.2, 0.25) is 0 Å². The van der Waals surface area contributed by atoms with Crippen LogP contribution in [-0.4, -0.2) is 98.2 Å². The lowest BCUT2D eigenvalue weighted by atomic mass is 10.0. The van der Waals surface area contributed by atoms with Gasteiger partial charge in [-0.25, -0.2) is 0 Å². The molecule has 0 amide bonds. The molecule has 0 atom stereocenters. The first-order valence-corrected chi connectivity index (χ1v) is 32.3. The molecule has 0 saturated heterocycles. The van der Waals surface area contributed by atoms with Crippen LogP contribution in [0.25, 0.3) is 54.2 Å². The third-order valence-corrected chi connectivity index (χ3v) is 18.1. The van der Waals surface area contributed by atoms with Gasteiger partial charge in [0.1, 0.15) is 53.8 Å². The summed E-state index contributed by atoms with van der Waals surface area (Å²) in [6.07, 6.45) is 0. The quantitative estimate of drug-likeness (QED) is 0.0335. The zero-order chi connectivity index (χ0) is 62.4. The summed E-state index contributed by atoms with van der Waals surface area (Å²) < 4.78 is 210. The zero-order valence-corrected chi connectivity index (χ0v) is 47.4. The Bertz CT molecular complexity index is 5080. The molecule has 12 N–H and O–H groups in total. The molecule has 28 nitrogen and oxygen atoms in total. The van der Waals surface area contributed by atoms with Gasteiger partial charge in [0.25, 0.3) is 60.7 Å². The summed E-state index contributed by atoms with van der Waals surface area (Å²) >= 11 is 0. The largest absolute Gasteiger partial charge is 0.507 e. The molecule has 0 radical (unpaired) electrons. The molecule has 0 aromatic heterocycles. The van der Waals surface area contributed by atoms with E-state index in [1.54, 1.807) is 0 Å². The lowest BCUT2D eigenvalue weighted by Gasteiger charge is -2.13. The first-order valence-electron chi connectivity index (χ1n) is 23.7. The van der Waals surface area contributed by atoms with Gasteiger partial charge in [-0.3, -0.25) is 27.3 Å². The van der Waals surface area contributed by atoms with E-state index in [1.807, 2.05) is 0 Å². The predicted molar refractivity (Wildman–Crippen MR) is 308 cm³/mol. The highest BCUT2D eigenvalue weighted by atomic mass is 32.2. The number of nitrogens with zero attached hydrogens (tertiary/aromatic N) is 4. The molecule has 0 heterocycles. The van der Waals surface area contributed by atoms with Crippen molar-refractivity contribution in [1.82, 2.24) is 0 Å². The number of nitrogens with one attached hydrogen (secondary N) is 2. The Kier molecular flexibility index (Phi) is 14.8. The molecule has 0 fully saturated rings. The van der Waals surface area contributed by atoms with E-state index in [9.17, 15) is 98.2 Å². The molecule has 10 aromatic rings. The van der Waals surface area contributed by atoms with Crippen LogP contribution in [0.1, 0.15) is 0 Å². The van der Waals surface area contributed by atoms with E-state index in [4.69, 9.17) is 0 Å². The van der Waals surface area contributed by atoms with Gasteiger partial charge in [-0.05, 0) is 154 Å². The summed E-state index contributed by atoms with van der Waals surface area (Å²) in [7, 11) is -30.6. The third-order valence-electron chi connectivity index (χ3n) is 13.0. The summed E-state index contributed by atoms with van der Waals surface area (Å²) in [5, 5.41) is 64.9. The molecule has 442 valence electrons. The van der Waals surface area contributed by atoms with Gasteiger partial charge in [-0.1, -0.05) is 12.1 Å². The Labute approximate surface area is 484 Å². The Morgan fingerprint density at radius 2 is 0.593 bits per heavy atom. The number of rotatable bonds is 15. The maximum absolute atomic E-state index is 12.8. The normalized spacial score (nSPS) is 13.0. The van der Waals surface area contributed by atoms with Crippen molar-refractivity contribution in [2.75, 3.05) is 10.6 Å². The van der Waals surface area contributed by atoms with Crippen molar-refractivity contribution >= 4 is 149 Å². The van der Waals surface area contributed by atoms with Crippen molar-refractivity contribution in [2.45, 2.75) is 29.4 Å². The molecular weight excluding hydrogens is 1250 g/mol. The monoisotopic (exact) mass is 1290 g/mol. The number of aromatic hydroxyl groups is 4. The van der Waals surface area contributed by atoms with Gasteiger partial charge in [0, 0.05) is 56.4 Å². The van der Waals surface area contributed by atoms with Gasteiger partial charge in [-0.2, -0.15) is 50.5 Å². The molecule has 0 aliphatic carbocycles. The van der Waals surface area contributed by atoms with Crippen LogP contribution in [0, 0.1) is 0 Å². The SMILES string of the molecule is O=S(=O)(O)c1cc(O)c2ccc(Nc3ccc4c(O)c(N=Nc5ccc(-c6ccc(N=Nc7c(S(=O)(=O)O)cc8cc(Nc9ccc%10c(O)cc(S(=O)(=O)O)cc%10c9)ccc8c7O)c(S(=O)(=O)O)c6)cc5S(=O)(=O)O)c(S(=O)(=O)O)cc4c3)cc2c1. The molecule has 0 aliphatic rings. The summed E-state index contributed by atoms with van der Waals surface area (Å²) in [6.45, 7) is 0. The van der Waals surface area contributed by atoms with Crippen LogP contribution in [0.3, 0.4) is 0 Å². The van der Waals surface area contributed by atoms with Crippen LogP contribution in [0.15, 0.2) is 195 Å². The number of phenols is 4. The van der Waals surface area contributed by atoms with Gasteiger partial charge in [0.05, 0.1) is 9.79 Å². The number of hydrogen-bond acceptors (Lipinski definition) is 22. The fourth-order valence-corrected chi connectivity index (χ4v) is 12.7. The number of phenolic OH excluding ortho intramolecular Hbond substituents is 4. The number of fused-ring (bicyclic) bond motifs is 4. The molecular formula is C52H36N6O22S6. The second kappa shape index (κ2) is 21.3. The Morgan fingerprint density at radius 3 is 0.895 bits per heavy atom. The van der Waals surface area contributed by atoms with Crippen LogP contribution >= 0.6 is 0 Å². The van der Waals surface area contributed by atoms with Gasteiger partial charge in [-0.15, -0.1) is 20.5 Å². The number of azo groups is 2. The second-order valence-corrected chi connectivity index (χ2v) is 27.0. The minimum atomic E-state index is -5.33. The summed E-state index contributed by atoms with van der Waals surface area (Å²) in [5.74, 6) is -2.69. The standard InChI is InChI=1S/C52H36N6O22S6/c59-43-23-35(81(63,64)65)17-27-13-31(3-7-37(27)43)53-33-5-9-39-29(15-33)21-47(85(75,76)77)49(51(39)61)57-55-41-11-1-25(19-45(41)83(69,70)71)26-2-12-42(46(20-26)84(72,73)74)56-58-50-48(86(78,79)80)22-30-16-34(6-10-40(30)52(50)62)54-32-4-8-38-28(14-32)18-36(24-44(38)60)82(66,67)68/h1-24,53-54,59-62H,(H,63,64,65)(H,66,67,68)(H,69,70,71)(H,72,73,74)(H,75,76,77)(H,78,79,80). The lowest BCUT2D eigenvalue weighted by Crippen LogP contribution is -2.01. The van der Waals surface area contributed by atoms with Crippen LogP contribution < -0.4 is 10.6 Å². The van der Waals surface area contributed by atoms with E-state index in [1.165, 1.54) is 72.8 Å². The van der Waals surface area contributed by atoms with E-state index < -0.39 is 136 Å². The summed E-state index contributed by atoms with van der Waals surface area (Å²) in [5.41, 5.74) is -2.61. The maximum atomic E-state index is 12.8. The van der Waals surface area contributed by atoms with Crippen LogP contribution in [0.5, 0.6) is 23.0 Å². The summed E-state index contributed by atoms with van der Waals surface area (Å²) in [4.78, 5) is -5.34. The number of benzene rings is 10. The molecule has 34 heteroatoms. The third kappa shape index (κ3) is 12.2. The van der Waals surface area contributed by atoms with E-state index in [2.05, 4.69) is 31.1 Å². The molecule has 0 bridgehead atoms. The van der Waals surface area contributed by atoms with E-state index in [0.29, 0.717) is 11.4 Å². The first-order chi connectivity index (χ1) is 40.0. The van der Waals surface area contributed by atoms with Gasteiger partial charge in [0.15, 0.2) is 11.5 Å². The number of anilines is 4. The first kappa shape index (κ1) is 59.8. The molecule has 10 aromatic carbocycles. The predicted octanol–water partition coefficient (Wildman–Crippen LogP) is 10.6. The number of hydrogen-bond donors (Lipinski definition) is 12. The van der Waals surface area contributed by atoms with Crippen molar-refractivity contribution in [3.8, 4) is 34.1 Å². The topological polar surface area (TPSA) is 481 Å². The van der Waals surface area contributed by atoms with Gasteiger partial charge < -0.3 is 31.1 Å². The molecule has 86 heavy (non-hydrogen) atoms. The highest BCUT2D eigenvalue weighted by Gasteiger charge is 2.27. The minimum absolute atomic E-state index is 0.0283. The minimum Gasteiger partial charge on any atom is -0.507 e. The fraction of sp³-hybridized carbons (Fsp3) is 0. The van der Waals surface area contributed by atoms with Gasteiger partial charge in [0.2, 0.25) is 0 Å². The van der Waals surface area contributed by atoms with Crippen molar-refractivity contribution in [3.63, 3.8) is 0 Å². The smallest absolute Gasteiger partial charge is 0.296 e. The average Bonchev–Trinajstić information content (AvgIpc) is 1.07. The van der Waals surface area contributed by atoms with Crippen molar-refractivity contribution in [2.24, 2.45) is 20.5 Å². The molecule has 10 rings (SSSR count). The van der Waals surface area contributed by atoms with Crippen molar-refractivity contribution in [3.05, 3.63) is 146 Å². The highest BCUT2D eigenvalue weighted by Crippen LogP contribution is 2.46. The van der Waals surface area contributed by atoms with Crippen molar-refractivity contribution in [1.29, 1.82) is 0 Å². The second-order valence-electron chi connectivity index (χ2n) is 18.6. The lowest BCUT2D eigenvalue weighted by molar-refractivity contribution is 0.470. The Balaban J connectivity index is 0.949. The molecule has 0 saturated carbocycles. The van der Waals surface area contributed by atoms with Gasteiger partial charge >= 0.3 is 0 Å². The van der Waals surface area contributed by atoms with Crippen molar-refractivity contribution < 1.29 is 98.2 Å². The Hall–Kier alpha value is -9.30. The molecule has 0 spiro atoms.